The summed E-state index contributed by atoms with van der Waals surface area (Å²) in [5.41, 5.74) is 6.22. The van der Waals surface area contributed by atoms with Crippen molar-refractivity contribution in [1.29, 1.82) is 0 Å². The molecule has 132 valence electrons. The summed E-state index contributed by atoms with van der Waals surface area (Å²) in [7, 11) is 0. The summed E-state index contributed by atoms with van der Waals surface area (Å²) < 4.78 is 11.2. The van der Waals surface area contributed by atoms with Crippen LogP contribution in [-0.2, 0) is 11.3 Å². The Hall–Kier alpha value is -2.24. The van der Waals surface area contributed by atoms with Crippen molar-refractivity contribution in [3.63, 3.8) is 0 Å². The molecule has 0 atom stereocenters. The Labute approximate surface area is 152 Å². The van der Waals surface area contributed by atoms with Crippen molar-refractivity contribution in [1.82, 2.24) is 5.32 Å². The van der Waals surface area contributed by atoms with Crippen molar-refractivity contribution in [3.8, 4) is 11.5 Å². The number of amides is 1. The third kappa shape index (κ3) is 5.11. The highest BCUT2D eigenvalue weighted by Crippen LogP contribution is 2.32. The van der Waals surface area contributed by atoms with Gasteiger partial charge in [0.1, 0.15) is 24.7 Å². The fourth-order valence-corrected chi connectivity index (χ4v) is 2.40. The molecular formula is C19H21ClN2O3. The van der Waals surface area contributed by atoms with Gasteiger partial charge in [0.05, 0.1) is 5.54 Å². The van der Waals surface area contributed by atoms with Gasteiger partial charge in [0.2, 0.25) is 5.91 Å². The van der Waals surface area contributed by atoms with E-state index < -0.39 is 5.54 Å². The summed E-state index contributed by atoms with van der Waals surface area (Å²) in [5.74, 6) is 1.44. The predicted molar refractivity (Wildman–Crippen MR) is 96.9 cm³/mol. The van der Waals surface area contributed by atoms with E-state index in [1.165, 1.54) is 0 Å². The number of ether oxygens (including phenoxy) is 2. The number of halogens is 1. The van der Waals surface area contributed by atoms with Crippen molar-refractivity contribution in [2.24, 2.45) is 5.73 Å². The van der Waals surface area contributed by atoms with Crippen LogP contribution in [0.15, 0.2) is 48.5 Å². The lowest BCUT2D eigenvalue weighted by Crippen LogP contribution is -2.42. The molecule has 0 aromatic heterocycles. The Balaban J connectivity index is 1.37. The Kier molecular flexibility index (Phi) is 5.46. The minimum absolute atomic E-state index is 0.0767. The molecule has 1 fully saturated rings. The number of carbonyl (C=O) groups excluding carboxylic acids is 1. The summed E-state index contributed by atoms with van der Waals surface area (Å²) in [6.45, 7) is 1.35. The molecule has 0 saturated heterocycles. The second-order valence-corrected chi connectivity index (χ2v) is 6.57. The second kappa shape index (κ2) is 7.76. The van der Waals surface area contributed by atoms with Gasteiger partial charge in [-0.2, -0.15) is 0 Å². The molecule has 0 bridgehead atoms. The maximum absolute atomic E-state index is 11.8. The van der Waals surface area contributed by atoms with Crippen molar-refractivity contribution < 1.29 is 14.3 Å². The fraction of sp³-hybridized carbons (Fsp3) is 0.316. The molecule has 1 aliphatic carbocycles. The average Bonchev–Trinajstić information content (AvgIpc) is 3.38. The first-order valence-corrected chi connectivity index (χ1v) is 8.60. The number of carbonyl (C=O) groups is 1. The number of nitrogens with two attached hydrogens (primary N) is 1. The van der Waals surface area contributed by atoms with Gasteiger partial charge in [-0.05, 0) is 54.8 Å². The van der Waals surface area contributed by atoms with Crippen LogP contribution in [0.3, 0.4) is 0 Å². The van der Waals surface area contributed by atoms with Crippen molar-refractivity contribution >= 4 is 17.5 Å². The lowest BCUT2D eigenvalue weighted by Gasteiger charge is -2.11. The van der Waals surface area contributed by atoms with Crippen LogP contribution < -0.4 is 20.5 Å². The minimum atomic E-state index is -0.632. The zero-order valence-corrected chi connectivity index (χ0v) is 14.6. The van der Waals surface area contributed by atoms with E-state index in [0.717, 1.165) is 29.9 Å². The van der Waals surface area contributed by atoms with Crippen LogP contribution in [-0.4, -0.2) is 24.7 Å². The summed E-state index contributed by atoms with van der Waals surface area (Å²) in [6.07, 6.45) is 1.54. The van der Waals surface area contributed by atoms with Gasteiger partial charge < -0.3 is 20.5 Å². The number of hydrogen-bond donors (Lipinski definition) is 2. The number of benzene rings is 2. The van der Waals surface area contributed by atoms with Crippen LogP contribution in [0, 0.1) is 0 Å². The van der Waals surface area contributed by atoms with Crippen molar-refractivity contribution in [3.05, 3.63) is 59.1 Å². The van der Waals surface area contributed by atoms with E-state index in [1.807, 2.05) is 36.4 Å². The zero-order chi connectivity index (χ0) is 17.7. The molecule has 0 spiro atoms. The first kappa shape index (κ1) is 17.6. The van der Waals surface area contributed by atoms with Crippen LogP contribution in [0.2, 0.25) is 5.02 Å². The van der Waals surface area contributed by atoms with E-state index in [1.54, 1.807) is 12.1 Å². The van der Waals surface area contributed by atoms with E-state index in [0.29, 0.717) is 24.8 Å². The highest BCUT2D eigenvalue weighted by Gasteiger charge is 2.45. The summed E-state index contributed by atoms with van der Waals surface area (Å²) in [5, 5.41) is 3.54. The SMILES string of the molecule is NC1(C(=O)NCc2ccc(OCCOc3ccc(Cl)cc3)cc2)CC1. The molecular weight excluding hydrogens is 340 g/mol. The molecule has 3 N–H and O–H groups in total. The lowest BCUT2D eigenvalue weighted by atomic mass is 10.2. The number of nitrogens with one attached hydrogen (secondary N) is 1. The van der Waals surface area contributed by atoms with E-state index in [4.69, 9.17) is 26.8 Å². The highest BCUT2D eigenvalue weighted by atomic mass is 35.5. The van der Waals surface area contributed by atoms with E-state index >= 15 is 0 Å². The Bertz CT molecular complexity index is 712. The zero-order valence-electron chi connectivity index (χ0n) is 13.8. The van der Waals surface area contributed by atoms with Gasteiger partial charge in [-0.15, -0.1) is 0 Å². The van der Waals surface area contributed by atoms with Crippen LogP contribution in [0.25, 0.3) is 0 Å². The summed E-state index contributed by atoms with van der Waals surface area (Å²) in [6, 6.07) is 14.8. The van der Waals surface area contributed by atoms with Gasteiger partial charge in [-0.1, -0.05) is 23.7 Å². The molecule has 5 nitrogen and oxygen atoms in total. The van der Waals surface area contributed by atoms with Crippen LogP contribution in [0.4, 0.5) is 0 Å². The Morgan fingerprint density at radius 2 is 1.52 bits per heavy atom. The second-order valence-electron chi connectivity index (χ2n) is 6.13. The molecule has 1 amide bonds. The lowest BCUT2D eigenvalue weighted by molar-refractivity contribution is -0.123. The standard InChI is InChI=1S/C19H21ClN2O3/c20-15-3-7-17(8-4-15)25-12-11-24-16-5-1-14(2-6-16)13-22-18(23)19(21)9-10-19/h1-8H,9-13,21H2,(H,22,23). The van der Waals surface area contributed by atoms with Crippen molar-refractivity contribution in [2.45, 2.75) is 24.9 Å². The van der Waals surface area contributed by atoms with E-state index in [-0.39, 0.29) is 5.91 Å². The Morgan fingerprint density at radius 1 is 1.00 bits per heavy atom. The largest absolute Gasteiger partial charge is 0.490 e. The van der Waals surface area contributed by atoms with Crippen molar-refractivity contribution in [2.75, 3.05) is 13.2 Å². The molecule has 0 unspecified atom stereocenters. The fourth-order valence-electron chi connectivity index (χ4n) is 2.27. The van der Waals surface area contributed by atoms with Crippen LogP contribution in [0.5, 0.6) is 11.5 Å². The Morgan fingerprint density at radius 3 is 2.04 bits per heavy atom. The number of rotatable bonds is 8. The van der Waals surface area contributed by atoms with Gasteiger partial charge in [-0.25, -0.2) is 0 Å². The quantitative estimate of drug-likeness (QED) is 0.710. The highest BCUT2D eigenvalue weighted by molar-refractivity contribution is 6.30. The molecule has 0 radical (unpaired) electrons. The molecule has 0 aliphatic heterocycles. The smallest absolute Gasteiger partial charge is 0.240 e. The van der Waals surface area contributed by atoms with Gasteiger partial charge in [0.15, 0.2) is 0 Å². The maximum atomic E-state index is 11.8. The molecule has 25 heavy (non-hydrogen) atoms. The third-order valence-corrected chi connectivity index (χ3v) is 4.30. The molecule has 3 rings (SSSR count). The first-order valence-electron chi connectivity index (χ1n) is 8.22. The molecule has 2 aromatic carbocycles. The van der Waals surface area contributed by atoms with Gasteiger partial charge in [-0.3, -0.25) is 4.79 Å². The number of hydrogen-bond acceptors (Lipinski definition) is 4. The predicted octanol–water partition coefficient (Wildman–Crippen LogP) is 2.91. The van der Waals surface area contributed by atoms with Crippen LogP contribution in [0.1, 0.15) is 18.4 Å². The maximum Gasteiger partial charge on any atom is 0.240 e. The molecule has 1 saturated carbocycles. The van der Waals surface area contributed by atoms with E-state index in [9.17, 15) is 4.79 Å². The summed E-state index contributed by atoms with van der Waals surface area (Å²) >= 11 is 5.82. The van der Waals surface area contributed by atoms with Crippen LogP contribution >= 0.6 is 11.6 Å². The first-order chi connectivity index (χ1) is 12.0. The monoisotopic (exact) mass is 360 g/mol. The van der Waals surface area contributed by atoms with E-state index in [2.05, 4.69) is 5.32 Å². The third-order valence-electron chi connectivity index (χ3n) is 4.05. The van der Waals surface area contributed by atoms with Gasteiger partial charge >= 0.3 is 0 Å². The molecule has 1 aliphatic rings. The molecule has 2 aromatic rings. The topological polar surface area (TPSA) is 73.6 Å². The van der Waals surface area contributed by atoms with Gasteiger partial charge in [0, 0.05) is 11.6 Å². The molecule has 6 heteroatoms. The normalized spacial score (nSPS) is 14.6. The minimum Gasteiger partial charge on any atom is -0.490 e. The summed E-state index contributed by atoms with van der Waals surface area (Å²) in [4.78, 5) is 11.8. The van der Waals surface area contributed by atoms with Gasteiger partial charge in [0.25, 0.3) is 0 Å². The average molecular weight is 361 g/mol. The molecule has 0 heterocycles.